The Morgan fingerprint density at radius 3 is 2.39 bits per heavy atom. The Balaban J connectivity index is 1.65. The fourth-order valence-corrected chi connectivity index (χ4v) is 5.71. The van der Waals surface area contributed by atoms with Gasteiger partial charge in [0.15, 0.2) is 5.78 Å². The summed E-state index contributed by atoms with van der Waals surface area (Å²) in [5.74, 6) is 0.837. The van der Waals surface area contributed by atoms with Gasteiger partial charge in [0.1, 0.15) is 5.75 Å². The maximum Gasteiger partial charge on any atom is 0.227 e. The Hall–Kier alpha value is -3.57. The van der Waals surface area contributed by atoms with Crippen molar-refractivity contribution < 1.29 is 14.3 Å². The molecule has 2 atom stereocenters. The van der Waals surface area contributed by atoms with Crippen molar-refractivity contribution in [2.24, 2.45) is 0 Å². The van der Waals surface area contributed by atoms with Gasteiger partial charge in [0.05, 0.1) is 24.5 Å². The largest absolute Gasteiger partial charge is 0.497 e. The number of allylic oxidation sites excluding steroid dienone is 1. The van der Waals surface area contributed by atoms with Gasteiger partial charge in [-0.2, -0.15) is 0 Å². The number of fused-ring (bicyclic) bond motifs is 1. The van der Waals surface area contributed by atoms with Gasteiger partial charge in [-0.15, -0.1) is 0 Å². The SMILES string of the molecule is CCCCCC(=O)N1c2ccccc2NC2=C(C(=O)C[C@H](c3ccc(Cl)cc3)C2)[C@@H]1c1ccc(OC)cc1. The predicted molar refractivity (Wildman–Crippen MR) is 153 cm³/mol. The van der Waals surface area contributed by atoms with Gasteiger partial charge in [0.25, 0.3) is 0 Å². The third-order valence-corrected chi connectivity index (χ3v) is 7.78. The number of nitrogens with one attached hydrogen (secondary N) is 1. The molecule has 3 aromatic rings. The molecule has 3 aromatic carbocycles. The molecule has 38 heavy (non-hydrogen) atoms. The molecule has 0 saturated heterocycles. The van der Waals surface area contributed by atoms with E-state index in [9.17, 15) is 9.59 Å². The second kappa shape index (κ2) is 11.4. The van der Waals surface area contributed by atoms with Gasteiger partial charge < -0.3 is 10.1 Å². The lowest BCUT2D eigenvalue weighted by Gasteiger charge is -2.35. The normalized spacial score (nSPS) is 18.8. The maximum atomic E-state index is 14.0. The minimum absolute atomic E-state index is 0.0230. The molecule has 6 heteroatoms. The van der Waals surface area contributed by atoms with Crippen molar-refractivity contribution in [2.75, 3.05) is 17.3 Å². The van der Waals surface area contributed by atoms with Crippen molar-refractivity contribution in [3.8, 4) is 5.75 Å². The quantitative estimate of drug-likeness (QED) is 0.317. The zero-order chi connectivity index (χ0) is 26.6. The highest BCUT2D eigenvalue weighted by molar-refractivity contribution is 6.30. The average Bonchev–Trinajstić information content (AvgIpc) is 3.08. The van der Waals surface area contributed by atoms with E-state index in [1.165, 1.54) is 0 Å². The van der Waals surface area contributed by atoms with Crippen LogP contribution in [0.25, 0.3) is 0 Å². The number of methoxy groups -OCH3 is 1. The number of carbonyl (C=O) groups excluding carboxylic acids is 2. The molecule has 5 rings (SSSR count). The lowest BCUT2D eigenvalue weighted by atomic mass is 9.78. The van der Waals surface area contributed by atoms with Crippen LogP contribution in [-0.2, 0) is 9.59 Å². The van der Waals surface area contributed by atoms with Gasteiger partial charge in [-0.05, 0) is 66.3 Å². The number of rotatable bonds is 7. The van der Waals surface area contributed by atoms with E-state index in [-0.39, 0.29) is 17.6 Å². The standard InChI is InChI=1S/C32H33ClN2O3/c1-3-4-5-10-30(37)35-28-9-7-6-8-26(28)34-27-19-23(21-11-15-24(33)16-12-21)20-29(36)31(27)32(35)22-13-17-25(38-2)18-14-22/h6-9,11-18,23,32,34H,3-5,10,19-20H2,1-2H3/t23-,32+/m1/s1. The third kappa shape index (κ3) is 5.21. The van der Waals surface area contributed by atoms with Gasteiger partial charge in [0.2, 0.25) is 5.91 Å². The molecular formula is C32H33ClN2O3. The van der Waals surface area contributed by atoms with Gasteiger partial charge in [-0.3, -0.25) is 14.5 Å². The van der Waals surface area contributed by atoms with Crippen LogP contribution in [0.1, 0.15) is 68.5 Å². The average molecular weight is 529 g/mol. The molecule has 0 aromatic heterocycles. The summed E-state index contributed by atoms with van der Waals surface area (Å²) in [6.07, 6.45) is 4.31. The molecule has 5 nitrogen and oxygen atoms in total. The summed E-state index contributed by atoms with van der Waals surface area (Å²) in [5, 5.41) is 4.27. The molecule has 2 aliphatic rings. The van der Waals surface area contributed by atoms with Crippen molar-refractivity contribution >= 4 is 34.7 Å². The Bertz CT molecular complexity index is 1350. The first kappa shape index (κ1) is 26.1. The van der Waals surface area contributed by atoms with Gasteiger partial charge in [0, 0.05) is 29.1 Å². The lowest BCUT2D eigenvalue weighted by Crippen LogP contribution is -2.38. The topological polar surface area (TPSA) is 58.6 Å². The van der Waals surface area contributed by atoms with E-state index in [1.54, 1.807) is 7.11 Å². The van der Waals surface area contributed by atoms with Crippen LogP contribution in [0.3, 0.4) is 0 Å². The molecule has 196 valence electrons. The fourth-order valence-electron chi connectivity index (χ4n) is 5.58. The molecule has 1 aliphatic heterocycles. The Morgan fingerprint density at radius 1 is 0.974 bits per heavy atom. The lowest BCUT2D eigenvalue weighted by molar-refractivity contribution is -0.119. The molecule has 1 N–H and O–H groups in total. The highest BCUT2D eigenvalue weighted by Crippen LogP contribution is 2.47. The number of para-hydroxylation sites is 2. The summed E-state index contributed by atoms with van der Waals surface area (Å²) in [7, 11) is 1.63. The van der Waals surface area contributed by atoms with Crippen LogP contribution in [0.4, 0.5) is 11.4 Å². The van der Waals surface area contributed by atoms with Crippen molar-refractivity contribution in [1.29, 1.82) is 0 Å². The molecule has 1 aliphatic carbocycles. The molecule has 0 spiro atoms. The number of nitrogens with zero attached hydrogens (tertiary/aromatic N) is 1. The highest BCUT2D eigenvalue weighted by Gasteiger charge is 2.41. The molecule has 0 unspecified atom stereocenters. The number of anilines is 2. The van der Waals surface area contributed by atoms with Crippen molar-refractivity contribution in [2.45, 2.75) is 57.4 Å². The maximum absolute atomic E-state index is 14.0. The molecule has 0 radical (unpaired) electrons. The first-order valence-electron chi connectivity index (χ1n) is 13.3. The minimum atomic E-state index is -0.528. The Morgan fingerprint density at radius 2 is 1.68 bits per heavy atom. The summed E-state index contributed by atoms with van der Waals surface area (Å²) in [6.45, 7) is 2.13. The predicted octanol–water partition coefficient (Wildman–Crippen LogP) is 7.83. The monoisotopic (exact) mass is 528 g/mol. The second-order valence-electron chi connectivity index (χ2n) is 10.0. The van der Waals surface area contributed by atoms with Crippen LogP contribution < -0.4 is 15.0 Å². The van der Waals surface area contributed by atoms with Gasteiger partial charge >= 0.3 is 0 Å². The van der Waals surface area contributed by atoms with Crippen molar-refractivity contribution in [3.63, 3.8) is 0 Å². The van der Waals surface area contributed by atoms with E-state index in [2.05, 4.69) is 12.2 Å². The zero-order valence-corrected chi connectivity index (χ0v) is 22.6. The number of halogens is 1. The number of benzene rings is 3. The number of hydrogen-bond acceptors (Lipinski definition) is 4. The van der Waals surface area contributed by atoms with E-state index in [1.807, 2.05) is 77.7 Å². The van der Waals surface area contributed by atoms with Crippen LogP contribution in [0.2, 0.25) is 5.02 Å². The summed E-state index contributed by atoms with van der Waals surface area (Å²) in [5.41, 5.74) is 5.14. The molecule has 0 fully saturated rings. The minimum Gasteiger partial charge on any atom is -0.497 e. The number of hydrogen-bond donors (Lipinski definition) is 1. The van der Waals surface area contributed by atoms with E-state index < -0.39 is 6.04 Å². The number of ether oxygens (including phenoxy) is 1. The summed E-state index contributed by atoms with van der Waals surface area (Å²) in [6, 6.07) is 22.8. The summed E-state index contributed by atoms with van der Waals surface area (Å²) in [4.78, 5) is 29.8. The van der Waals surface area contributed by atoms with Crippen molar-refractivity contribution in [1.82, 2.24) is 0 Å². The second-order valence-corrected chi connectivity index (χ2v) is 10.4. The molecule has 1 amide bonds. The number of Topliss-reactive ketones (excluding diaryl/α,β-unsaturated/α-hetero) is 1. The smallest absolute Gasteiger partial charge is 0.227 e. The number of amides is 1. The van der Waals surface area contributed by atoms with E-state index >= 15 is 0 Å². The zero-order valence-electron chi connectivity index (χ0n) is 21.9. The van der Waals surface area contributed by atoms with Gasteiger partial charge in [-0.25, -0.2) is 0 Å². The number of unbranched alkanes of at least 4 members (excludes halogenated alkanes) is 2. The van der Waals surface area contributed by atoms with Crippen LogP contribution >= 0.6 is 11.6 Å². The van der Waals surface area contributed by atoms with Crippen LogP contribution in [0.15, 0.2) is 84.1 Å². The summed E-state index contributed by atoms with van der Waals surface area (Å²) >= 11 is 6.13. The Labute approximate surface area is 229 Å². The summed E-state index contributed by atoms with van der Waals surface area (Å²) < 4.78 is 5.40. The van der Waals surface area contributed by atoms with Crippen LogP contribution in [0.5, 0.6) is 5.75 Å². The third-order valence-electron chi connectivity index (χ3n) is 7.52. The fraction of sp³-hybridized carbons (Fsp3) is 0.312. The van der Waals surface area contributed by atoms with Crippen LogP contribution in [0, 0.1) is 0 Å². The molecule has 0 bridgehead atoms. The molecule has 0 saturated carbocycles. The van der Waals surface area contributed by atoms with E-state index in [0.717, 1.165) is 53.2 Å². The van der Waals surface area contributed by atoms with Crippen LogP contribution in [-0.4, -0.2) is 18.8 Å². The van der Waals surface area contributed by atoms with Crippen molar-refractivity contribution in [3.05, 3.63) is 100 Å². The molecular weight excluding hydrogens is 496 g/mol. The highest BCUT2D eigenvalue weighted by atomic mass is 35.5. The number of carbonyl (C=O) groups is 2. The van der Waals surface area contributed by atoms with E-state index in [0.29, 0.717) is 29.9 Å². The molecule has 1 heterocycles. The number of ketones is 1. The Kier molecular flexibility index (Phi) is 7.85. The first-order chi connectivity index (χ1) is 18.5. The van der Waals surface area contributed by atoms with Gasteiger partial charge in [-0.1, -0.05) is 67.8 Å². The van der Waals surface area contributed by atoms with E-state index in [4.69, 9.17) is 16.3 Å². The first-order valence-corrected chi connectivity index (χ1v) is 13.7.